The third kappa shape index (κ3) is 2.19. The zero-order valence-electron chi connectivity index (χ0n) is 8.39. The molecule has 1 aromatic heterocycles. The van der Waals surface area contributed by atoms with Crippen LogP contribution >= 0.6 is 0 Å². The van der Waals surface area contributed by atoms with Gasteiger partial charge in [-0.2, -0.15) is 0 Å². The molecule has 2 heterocycles. The summed E-state index contributed by atoms with van der Waals surface area (Å²) >= 11 is 0. The van der Waals surface area contributed by atoms with E-state index in [4.69, 9.17) is 15.2 Å². The second kappa shape index (κ2) is 4.46. The molecule has 1 saturated heterocycles. The number of carbonyl (C=O) groups excluding carboxylic acids is 1. The molecule has 1 aromatic rings. The summed E-state index contributed by atoms with van der Waals surface area (Å²) in [5.74, 6) is 5.43. The second-order valence-electron chi connectivity index (χ2n) is 3.60. The summed E-state index contributed by atoms with van der Waals surface area (Å²) < 4.78 is 5.05. The van der Waals surface area contributed by atoms with Gasteiger partial charge in [-0.15, -0.1) is 0 Å². The molecule has 5 heteroatoms. The zero-order chi connectivity index (χ0) is 10.7. The molecule has 2 N–H and O–H groups in total. The number of nitrogens with zero attached hydrogens (tertiary/aromatic N) is 1. The van der Waals surface area contributed by atoms with Gasteiger partial charge in [-0.25, -0.2) is 5.90 Å². The maximum Gasteiger partial charge on any atom is 0.289 e. The first-order chi connectivity index (χ1) is 7.31. The minimum Gasteiger partial charge on any atom is -0.459 e. The van der Waals surface area contributed by atoms with Crippen molar-refractivity contribution in [2.24, 2.45) is 5.90 Å². The van der Waals surface area contributed by atoms with Crippen LogP contribution in [0.15, 0.2) is 22.8 Å². The number of rotatable bonds is 2. The summed E-state index contributed by atoms with van der Waals surface area (Å²) in [7, 11) is 0. The fourth-order valence-corrected chi connectivity index (χ4v) is 1.75. The van der Waals surface area contributed by atoms with Crippen molar-refractivity contribution in [1.29, 1.82) is 0 Å². The lowest BCUT2D eigenvalue weighted by Gasteiger charge is -2.30. The lowest BCUT2D eigenvalue weighted by Crippen LogP contribution is -2.41. The van der Waals surface area contributed by atoms with E-state index in [1.54, 1.807) is 17.0 Å². The van der Waals surface area contributed by atoms with Crippen molar-refractivity contribution in [3.63, 3.8) is 0 Å². The SMILES string of the molecule is NOC1CCN(C(=O)c2ccco2)CC1. The van der Waals surface area contributed by atoms with Gasteiger partial charge in [-0.05, 0) is 25.0 Å². The van der Waals surface area contributed by atoms with Crippen molar-refractivity contribution in [2.45, 2.75) is 18.9 Å². The Morgan fingerprint density at radius 3 is 2.80 bits per heavy atom. The minimum atomic E-state index is -0.0597. The first-order valence-electron chi connectivity index (χ1n) is 4.99. The molecule has 1 aliphatic heterocycles. The highest BCUT2D eigenvalue weighted by atomic mass is 16.6. The van der Waals surface area contributed by atoms with Crippen LogP contribution in [0, 0.1) is 0 Å². The molecule has 82 valence electrons. The van der Waals surface area contributed by atoms with E-state index in [0.29, 0.717) is 18.8 Å². The van der Waals surface area contributed by atoms with Crippen LogP contribution in [0.25, 0.3) is 0 Å². The minimum absolute atomic E-state index is 0.0597. The second-order valence-corrected chi connectivity index (χ2v) is 3.60. The van der Waals surface area contributed by atoms with Crippen LogP contribution in [0.3, 0.4) is 0 Å². The highest BCUT2D eigenvalue weighted by molar-refractivity contribution is 5.91. The largest absolute Gasteiger partial charge is 0.459 e. The summed E-state index contributed by atoms with van der Waals surface area (Å²) in [5, 5.41) is 0. The Bertz CT molecular complexity index is 315. The Balaban J connectivity index is 1.93. The van der Waals surface area contributed by atoms with Crippen LogP contribution in [-0.2, 0) is 4.84 Å². The van der Waals surface area contributed by atoms with Gasteiger partial charge in [0.2, 0.25) is 0 Å². The van der Waals surface area contributed by atoms with Crippen molar-refractivity contribution >= 4 is 5.91 Å². The van der Waals surface area contributed by atoms with Gasteiger partial charge < -0.3 is 14.2 Å². The van der Waals surface area contributed by atoms with Gasteiger partial charge in [0, 0.05) is 13.1 Å². The maximum absolute atomic E-state index is 11.8. The van der Waals surface area contributed by atoms with Crippen LogP contribution in [0.2, 0.25) is 0 Å². The van der Waals surface area contributed by atoms with E-state index in [0.717, 1.165) is 12.8 Å². The normalized spacial score (nSPS) is 18.1. The highest BCUT2D eigenvalue weighted by Crippen LogP contribution is 2.15. The third-order valence-electron chi connectivity index (χ3n) is 2.65. The van der Waals surface area contributed by atoms with Crippen LogP contribution in [0.4, 0.5) is 0 Å². The molecule has 1 fully saturated rings. The monoisotopic (exact) mass is 210 g/mol. The number of furan rings is 1. The molecule has 1 aliphatic rings. The number of amides is 1. The molecule has 0 aliphatic carbocycles. The van der Waals surface area contributed by atoms with Gasteiger partial charge in [-0.1, -0.05) is 0 Å². The van der Waals surface area contributed by atoms with Crippen LogP contribution in [0.5, 0.6) is 0 Å². The van der Waals surface area contributed by atoms with E-state index in [1.165, 1.54) is 6.26 Å². The summed E-state index contributed by atoms with van der Waals surface area (Å²) in [6.45, 7) is 1.34. The fourth-order valence-electron chi connectivity index (χ4n) is 1.75. The number of carbonyl (C=O) groups is 1. The molecule has 5 nitrogen and oxygen atoms in total. The molecule has 0 bridgehead atoms. The molecule has 0 unspecified atom stereocenters. The van der Waals surface area contributed by atoms with E-state index >= 15 is 0 Å². The lowest BCUT2D eigenvalue weighted by molar-refractivity contribution is 0.00700. The van der Waals surface area contributed by atoms with Crippen molar-refractivity contribution in [2.75, 3.05) is 13.1 Å². The predicted molar refractivity (Wildman–Crippen MR) is 52.9 cm³/mol. The lowest BCUT2D eigenvalue weighted by atomic mass is 10.1. The van der Waals surface area contributed by atoms with Crippen molar-refractivity contribution in [3.05, 3.63) is 24.2 Å². The summed E-state index contributed by atoms with van der Waals surface area (Å²) in [4.78, 5) is 18.3. The Kier molecular flexibility index (Phi) is 3.03. The summed E-state index contributed by atoms with van der Waals surface area (Å²) in [6, 6.07) is 3.39. The van der Waals surface area contributed by atoms with Gasteiger partial charge in [-0.3, -0.25) is 4.79 Å². The smallest absolute Gasteiger partial charge is 0.289 e. The Labute approximate surface area is 87.7 Å². The van der Waals surface area contributed by atoms with Gasteiger partial charge in [0.05, 0.1) is 12.4 Å². The maximum atomic E-state index is 11.8. The van der Waals surface area contributed by atoms with E-state index in [1.807, 2.05) is 0 Å². The fraction of sp³-hybridized carbons (Fsp3) is 0.500. The molecular formula is C10H14N2O3. The van der Waals surface area contributed by atoms with E-state index in [-0.39, 0.29) is 12.0 Å². The number of nitrogens with two attached hydrogens (primary N) is 1. The van der Waals surface area contributed by atoms with E-state index < -0.39 is 0 Å². The van der Waals surface area contributed by atoms with Crippen molar-refractivity contribution in [1.82, 2.24) is 4.90 Å². The van der Waals surface area contributed by atoms with Crippen LogP contribution in [-0.4, -0.2) is 30.0 Å². The first kappa shape index (κ1) is 10.2. The molecule has 2 rings (SSSR count). The molecule has 0 aromatic carbocycles. The van der Waals surface area contributed by atoms with Crippen molar-refractivity contribution < 1.29 is 14.0 Å². The molecule has 15 heavy (non-hydrogen) atoms. The zero-order valence-corrected chi connectivity index (χ0v) is 8.39. The van der Waals surface area contributed by atoms with Gasteiger partial charge in [0.15, 0.2) is 5.76 Å². The molecule has 0 radical (unpaired) electrons. The van der Waals surface area contributed by atoms with E-state index in [2.05, 4.69) is 0 Å². The number of hydrogen-bond donors (Lipinski definition) is 1. The molecule has 0 spiro atoms. The van der Waals surface area contributed by atoms with Crippen LogP contribution < -0.4 is 5.90 Å². The molecular weight excluding hydrogens is 196 g/mol. The topological polar surface area (TPSA) is 68.7 Å². The van der Waals surface area contributed by atoms with Gasteiger partial charge in [0.1, 0.15) is 0 Å². The average molecular weight is 210 g/mol. The Morgan fingerprint density at radius 1 is 1.53 bits per heavy atom. The quantitative estimate of drug-likeness (QED) is 0.732. The Morgan fingerprint density at radius 2 is 2.27 bits per heavy atom. The van der Waals surface area contributed by atoms with Crippen molar-refractivity contribution in [3.8, 4) is 0 Å². The summed E-state index contributed by atoms with van der Waals surface area (Å²) in [5.41, 5.74) is 0. The number of likely N-dealkylation sites (tertiary alicyclic amines) is 1. The average Bonchev–Trinajstić information content (AvgIpc) is 2.82. The predicted octanol–water partition coefficient (Wildman–Crippen LogP) is 0.774. The standard InChI is InChI=1S/C10H14N2O3/c11-15-8-3-5-12(6-4-8)10(13)9-2-1-7-14-9/h1-2,7-8H,3-6,11H2. The molecule has 1 amide bonds. The summed E-state index contributed by atoms with van der Waals surface area (Å²) in [6.07, 6.45) is 3.14. The number of piperidine rings is 1. The van der Waals surface area contributed by atoms with Gasteiger partial charge in [0.25, 0.3) is 5.91 Å². The van der Waals surface area contributed by atoms with Gasteiger partial charge >= 0.3 is 0 Å². The highest BCUT2D eigenvalue weighted by Gasteiger charge is 2.24. The molecule has 0 saturated carbocycles. The van der Waals surface area contributed by atoms with Crippen LogP contribution in [0.1, 0.15) is 23.4 Å². The molecule has 0 atom stereocenters. The first-order valence-corrected chi connectivity index (χ1v) is 4.99. The Hall–Kier alpha value is -1.33. The third-order valence-corrected chi connectivity index (χ3v) is 2.65. The van der Waals surface area contributed by atoms with E-state index in [9.17, 15) is 4.79 Å². The number of hydrogen-bond acceptors (Lipinski definition) is 4.